The lowest BCUT2D eigenvalue weighted by Gasteiger charge is -2.11. The van der Waals surface area contributed by atoms with E-state index in [9.17, 15) is 4.79 Å². The molecule has 0 aliphatic rings. The van der Waals surface area contributed by atoms with Gasteiger partial charge in [0, 0.05) is 39.4 Å². The van der Waals surface area contributed by atoms with Gasteiger partial charge >= 0.3 is 0 Å². The van der Waals surface area contributed by atoms with Crippen molar-refractivity contribution in [2.45, 2.75) is 27.7 Å². The van der Waals surface area contributed by atoms with Crippen molar-refractivity contribution in [3.05, 3.63) is 88.1 Å². The largest absolute Gasteiger partial charge is 0.496 e. The molecule has 4 nitrogen and oxygen atoms in total. The Morgan fingerprint density at radius 1 is 1.06 bits per heavy atom. The zero-order valence-corrected chi connectivity index (χ0v) is 20.1. The molecule has 0 fully saturated rings. The van der Waals surface area contributed by atoms with Gasteiger partial charge in [0.05, 0.1) is 13.4 Å². The van der Waals surface area contributed by atoms with Crippen LogP contribution in [0.1, 0.15) is 29.2 Å². The van der Waals surface area contributed by atoms with E-state index in [-0.39, 0.29) is 5.91 Å². The second-order valence-electron chi connectivity index (χ2n) is 8.25. The number of fused-ring (bicyclic) bond motifs is 1. The van der Waals surface area contributed by atoms with Crippen LogP contribution in [-0.2, 0) is 4.79 Å². The van der Waals surface area contributed by atoms with Crippen molar-refractivity contribution in [3.63, 3.8) is 0 Å². The standard InChI is InChI=1S/C28H26ClNO3/c1-16-9-10-20(17(2)11-16)23-15-33-27-14-26(32-5)21(13-22(23)27)18(3)12-28(31)30-25-8-6-7-24(29)19(25)4/h6-15H,1-5H3,(H,30,31)/b18-12+. The Bertz CT molecular complexity index is 1400. The summed E-state index contributed by atoms with van der Waals surface area (Å²) >= 11 is 6.18. The van der Waals surface area contributed by atoms with Gasteiger partial charge in [-0.1, -0.05) is 41.4 Å². The van der Waals surface area contributed by atoms with Gasteiger partial charge in [-0.2, -0.15) is 0 Å². The van der Waals surface area contributed by atoms with E-state index >= 15 is 0 Å². The molecule has 0 spiro atoms. The van der Waals surface area contributed by atoms with Gasteiger partial charge in [-0.05, 0) is 68.2 Å². The van der Waals surface area contributed by atoms with Crippen LogP contribution in [0.4, 0.5) is 5.69 Å². The molecule has 33 heavy (non-hydrogen) atoms. The van der Waals surface area contributed by atoms with Crippen molar-refractivity contribution in [2.75, 3.05) is 12.4 Å². The van der Waals surface area contributed by atoms with Gasteiger partial charge < -0.3 is 14.5 Å². The molecule has 0 bridgehead atoms. The van der Waals surface area contributed by atoms with Crippen molar-refractivity contribution < 1.29 is 13.9 Å². The molecular formula is C28H26ClNO3. The first kappa shape index (κ1) is 22.7. The number of carbonyl (C=O) groups excluding carboxylic acids is 1. The Labute approximate surface area is 198 Å². The minimum absolute atomic E-state index is 0.234. The number of furan rings is 1. The third-order valence-corrected chi connectivity index (χ3v) is 6.28. The van der Waals surface area contributed by atoms with E-state index in [0.717, 1.165) is 38.8 Å². The Morgan fingerprint density at radius 2 is 1.85 bits per heavy atom. The number of benzene rings is 3. The molecule has 1 heterocycles. The van der Waals surface area contributed by atoms with Crippen molar-refractivity contribution >= 4 is 39.7 Å². The monoisotopic (exact) mass is 459 g/mol. The molecule has 1 N–H and O–H groups in total. The third kappa shape index (κ3) is 4.53. The first-order chi connectivity index (χ1) is 15.8. The third-order valence-electron chi connectivity index (χ3n) is 5.87. The molecule has 1 aromatic heterocycles. The molecule has 0 saturated heterocycles. The summed E-state index contributed by atoms with van der Waals surface area (Å²) in [6.07, 6.45) is 3.35. The van der Waals surface area contributed by atoms with Crippen molar-refractivity contribution in [1.82, 2.24) is 0 Å². The molecular weight excluding hydrogens is 434 g/mol. The van der Waals surface area contributed by atoms with E-state index < -0.39 is 0 Å². The normalized spacial score (nSPS) is 11.6. The second-order valence-corrected chi connectivity index (χ2v) is 8.65. The first-order valence-electron chi connectivity index (χ1n) is 10.7. The van der Waals surface area contributed by atoms with Crippen LogP contribution in [0.3, 0.4) is 0 Å². The fourth-order valence-electron chi connectivity index (χ4n) is 4.04. The van der Waals surface area contributed by atoms with Gasteiger partial charge in [0.15, 0.2) is 0 Å². The number of ether oxygens (including phenoxy) is 1. The van der Waals surface area contributed by atoms with Gasteiger partial charge in [0.2, 0.25) is 5.91 Å². The SMILES string of the molecule is COc1cc2occ(-c3ccc(C)cc3C)c2cc1/C(C)=C/C(=O)Nc1cccc(Cl)c1C. The zero-order chi connectivity index (χ0) is 23.7. The Morgan fingerprint density at radius 3 is 2.58 bits per heavy atom. The molecule has 4 aromatic rings. The number of rotatable bonds is 5. The van der Waals surface area contributed by atoms with Gasteiger partial charge in [0.1, 0.15) is 11.3 Å². The van der Waals surface area contributed by atoms with E-state index in [2.05, 4.69) is 37.4 Å². The molecule has 0 unspecified atom stereocenters. The summed E-state index contributed by atoms with van der Waals surface area (Å²) in [6.45, 7) is 7.94. The second kappa shape index (κ2) is 9.16. The Balaban J connectivity index is 1.74. The number of hydrogen-bond acceptors (Lipinski definition) is 3. The van der Waals surface area contributed by atoms with E-state index in [0.29, 0.717) is 16.5 Å². The number of nitrogens with one attached hydrogen (secondary N) is 1. The lowest BCUT2D eigenvalue weighted by Crippen LogP contribution is -2.10. The lowest BCUT2D eigenvalue weighted by atomic mass is 9.96. The number of anilines is 1. The van der Waals surface area contributed by atoms with Crippen LogP contribution in [0.25, 0.3) is 27.7 Å². The maximum absolute atomic E-state index is 12.7. The molecule has 3 aromatic carbocycles. The Hall–Kier alpha value is -3.50. The minimum Gasteiger partial charge on any atom is -0.496 e. The van der Waals surface area contributed by atoms with Crippen LogP contribution < -0.4 is 10.1 Å². The van der Waals surface area contributed by atoms with E-state index in [1.54, 1.807) is 25.5 Å². The van der Waals surface area contributed by atoms with Gasteiger partial charge in [-0.25, -0.2) is 0 Å². The molecule has 0 saturated carbocycles. The predicted molar refractivity (Wildman–Crippen MR) is 136 cm³/mol. The van der Waals surface area contributed by atoms with Crippen LogP contribution in [0, 0.1) is 20.8 Å². The zero-order valence-electron chi connectivity index (χ0n) is 19.4. The smallest absolute Gasteiger partial charge is 0.248 e. The fourth-order valence-corrected chi connectivity index (χ4v) is 4.22. The summed E-state index contributed by atoms with van der Waals surface area (Å²) in [5, 5.41) is 4.49. The van der Waals surface area contributed by atoms with Crippen LogP contribution in [0.2, 0.25) is 5.02 Å². The van der Waals surface area contributed by atoms with Crippen molar-refractivity contribution in [3.8, 4) is 16.9 Å². The topological polar surface area (TPSA) is 51.5 Å². The van der Waals surface area contributed by atoms with Gasteiger partial charge in [-0.3, -0.25) is 4.79 Å². The number of carbonyl (C=O) groups is 1. The van der Waals surface area contributed by atoms with E-state index in [1.165, 1.54) is 11.1 Å². The highest BCUT2D eigenvalue weighted by Crippen LogP contribution is 2.38. The molecule has 0 aliphatic heterocycles. The van der Waals surface area contributed by atoms with E-state index in [4.69, 9.17) is 20.8 Å². The summed E-state index contributed by atoms with van der Waals surface area (Å²) < 4.78 is 11.5. The molecule has 4 rings (SSSR count). The molecule has 0 aliphatic carbocycles. The Kier molecular flexibility index (Phi) is 6.30. The highest BCUT2D eigenvalue weighted by atomic mass is 35.5. The quantitative estimate of drug-likeness (QED) is 0.310. The maximum Gasteiger partial charge on any atom is 0.248 e. The van der Waals surface area contributed by atoms with Crippen molar-refractivity contribution in [1.29, 1.82) is 0 Å². The number of hydrogen-bond donors (Lipinski definition) is 1. The summed E-state index contributed by atoms with van der Waals surface area (Å²) in [5.74, 6) is 0.409. The average Bonchev–Trinajstić information content (AvgIpc) is 3.18. The minimum atomic E-state index is -0.234. The molecule has 0 atom stereocenters. The van der Waals surface area contributed by atoms with Gasteiger partial charge in [0.25, 0.3) is 0 Å². The van der Waals surface area contributed by atoms with Crippen LogP contribution in [0.15, 0.2) is 65.3 Å². The fraction of sp³-hybridized carbons (Fsp3) is 0.179. The number of halogens is 1. The molecule has 168 valence electrons. The average molecular weight is 460 g/mol. The lowest BCUT2D eigenvalue weighted by molar-refractivity contribution is -0.111. The van der Waals surface area contributed by atoms with Crippen LogP contribution in [0.5, 0.6) is 5.75 Å². The van der Waals surface area contributed by atoms with E-state index in [1.807, 2.05) is 38.1 Å². The molecule has 0 radical (unpaired) electrons. The summed E-state index contributed by atoms with van der Waals surface area (Å²) in [4.78, 5) is 12.7. The highest BCUT2D eigenvalue weighted by Gasteiger charge is 2.16. The number of aryl methyl sites for hydroxylation is 2. The molecule has 1 amide bonds. The van der Waals surface area contributed by atoms with Crippen LogP contribution in [-0.4, -0.2) is 13.0 Å². The van der Waals surface area contributed by atoms with Crippen LogP contribution >= 0.6 is 11.6 Å². The summed E-state index contributed by atoms with van der Waals surface area (Å²) in [5.41, 5.74) is 8.38. The number of amides is 1. The first-order valence-corrected chi connectivity index (χ1v) is 11.1. The predicted octanol–water partition coefficient (Wildman–Crippen LogP) is 7.73. The van der Waals surface area contributed by atoms with Crippen molar-refractivity contribution in [2.24, 2.45) is 0 Å². The molecule has 5 heteroatoms. The summed E-state index contributed by atoms with van der Waals surface area (Å²) in [7, 11) is 1.61. The maximum atomic E-state index is 12.7. The summed E-state index contributed by atoms with van der Waals surface area (Å²) in [6, 6.07) is 15.7. The number of allylic oxidation sites excluding steroid dienone is 1. The van der Waals surface area contributed by atoms with Gasteiger partial charge in [-0.15, -0.1) is 0 Å². The number of methoxy groups -OCH3 is 1. The highest BCUT2D eigenvalue weighted by molar-refractivity contribution is 6.31.